The summed E-state index contributed by atoms with van der Waals surface area (Å²) in [7, 11) is 0. The summed E-state index contributed by atoms with van der Waals surface area (Å²) in [5.74, 6) is -1.39. The van der Waals surface area contributed by atoms with Gasteiger partial charge in [-0.3, -0.25) is 0 Å². The zero-order chi connectivity index (χ0) is 24.6. The van der Waals surface area contributed by atoms with E-state index >= 15 is 0 Å². The lowest BCUT2D eigenvalue weighted by molar-refractivity contribution is -0.151. The van der Waals surface area contributed by atoms with Crippen LogP contribution in [0.5, 0.6) is 5.75 Å². The molecule has 0 bridgehead atoms. The Morgan fingerprint density at radius 2 is 1.82 bits per heavy atom. The fourth-order valence-corrected chi connectivity index (χ4v) is 5.37. The summed E-state index contributed by atoms with van der Waals surface area (Å²) in [5, 5.41) is 21.5. The van der Waals surface area contributed by atoms with E-state index in [0.29, 0.717) is 24.0 Å². The molecule has 0 amide bonds. The van der Waals surface area contributed by atoms with E-state index in [0.717, 1.165) is 5.57 Å². The zero-order valence-corrected chi connectivity index (χ0v) is 20.4. The van der Waals surface area contributed by atoms with Crippen LogP contribution in [0.3, 0.4) is 0 Å². The third kappa shape index (κ3) is 4.72. The molecule has 1 aromatic carbocycles. The van der Waals surface area contributed by atoms with Gasteiger partial charge in [0.15, 0.2) is 0 Å². The van der Waals surface area contributed by atoms with Crippen molar-refractivity contribution in [1.82, 2.24) is 0 Å². The Labute approximate surface area is 196 Å². The molecule has 0 unspecified atom stereocenters. The van der Waals surface area contributed by atoms with Crippen molar-refractivity contribution >= 4 is 11.9 Å². The molecule has 2 N–H and O–H groups in total. The Hall–Kier alpha value is -2.60. The largest absolute Gasteiger partial charge is 0.508 e. The van der Waals surface area contributed by atoms with Crippen molar-refractivity contribution in [2.75, 3.05) is 0 Å². The average molecular weight is 457 g/mol. The fraction of sp³-hybridized carbons (Fsp3) is 0.556. The molecule has 1 aromatic rings. The number of hydrogen-bond donors (Lipinski definition) is 2. The maximum absolute atomic E-state index is 13.0. The van der Waals surface area contributed by atoms with Gasteiger partial charge in [0, 0.05) is 29.7 Å². The predicted octanol–water partition coefficient (Wildman–Crippen LogP) is 4.95. The monoisotopic (exact) mass is 456 g/mol. The average Bonchev–Trinajstić information content (AvgIpc) is 2.89. The number of carbonyl (C=O) groups excluding carboxylic acids is 2. The smallest absolute Gasteiger partial charge is 0.338 e. The van der Waals surface area contributed by atoms with Gasteiger partial charge in [-0.15, -0.1) is 0 Å². The number of rotatable bonds is 5. The number of ether oxygens (including phenoxy) is 2. The third-order valence-corrected chi connectivity index (χ3v) is 7.65. The Morgan fingerprint density at radius 3 is 2.39 bits per heavy atom. The molecule has 0 spiro atoms. The summed E-state index contributed by atoms with van der Waals surface area (Å²) in [5.41, 5.74) is 0.126. The van der Waals surface area contributed by atoms with E-state index in [9.17, 15) is 19.8 Å². The molecule has 1 fully saturated rings. The summed E-state index contributed by atoms with van der Waals surface area (Å²) >= 11 is 0. The molecule has 0 aliphatic heterocycles. The minimum atomic E-state index is -1.18. The molecule has 0 heterocycles. The number of hydrogen-bond acceptors (Lipinski definition) is 6. The quantitative estimate of drug-likeness (QED) is 0.370. The fourth-order valence-electron chi connectivity index (χ4n) is 5.37. The second-order valence-electron chi connectivity index (χ2n) is 10.1. The molecule has 33 heavy (non-hydrogen) atoms. The lowest BCUT2D eigenvalue weighted by Crippen LogP contribution is -2.50. The van der Waals surface area contributed by atoms with Crippen LogP contribution >= 0.6 is 0 Å². The number of carbonyl (C=O) groups is 2. The zero-order valence-electron chi connectivity index (χ0n) is 20.4. The summed E-state index contributed by atoms with van der Waals surface area (Å²) in [4.78, 5) is 25.7. The van der Waals surface area contributed by atoms with E-state index in [2.05, 4.69) is 6.08 Å². The van der Waals surface area contributed by atoms with E-state index in [-0.39, 0.29) is 18.1 Å². The van der Waals surface area contributed by atoms with Crippen LogP contribution in [0.15, 0.2) is 47.6 Å². The molecular weight excluding hydrogens is 420 g/mol. The van der Waals surface area contributed by atoms with Crippen molar-refractivity contribution < 1.29 is 29.3 Å². The van der Waals surface area contributed by atoms with Gasteiger partial charge in [0.2, 0.25) is 0 Å². The number of aromatic hydroxyl groups is 1. The first-order chi connectivity index (χ1) is 15.4. The van der Waals surface area contributed by atoms with Gasteiger partial charge in [-0.05, 0) is 57.4 Å². The lowest BCUT2D eigenvalue weighted by Gasteiger charge is -2.43. The summed E-state index contributed by atoms with van der Waals surface area (Å²) in [6, 6.07) is 5.92. The standard InChI is InChI=1S/C27H36O6/c1-7-18(5)24(29)33-22-15-27(31,16(2)3)23-21(14-17(4)12-13-26(22,23)6)32-25(30)19-8-10-20(28)11-9-19/h7-12,16,21-23,28,31H,13-15H2,1-6H3/t21-,22+,23+,26-,27+/m0/s1. The topological polar surface area (TPSA) is 93.1 Å². The highest BCUT2D eigenvalue weighted by molar-refractivity contribution is 5.89. The van der Waals surface area contributed by atoms with Crippen LogP contribution < -0.4 is 0 Å². The first kappa shape index (κ1) is 25.0. The Bertz CT molecular complexity index is 959. The maximum atomic E-state index is 13.0. The molecule has 2 aliphatic rings. The number of esters is 2. The Kier molecular flexibility index (Phi) is 7.08. The van der Waals surface area contributed by atoms with Gasteiger partial charge in [0.1, 0.15) is 18.0 Å². The lowest BCUT2D eigenvalue weighted by atomic mass is 9.67. The molecule has 6 nitrogen and oxygen atoms in total. The van der Waals surface area contributed by atoms with Crippen molar-refractivity contribution in [3.05, 3.63) is 53.1 Å². The van der Waals surface area contributed by atoms with Crippen molar-refractivity contribution in [2.24, 2.45) is 17.3 Å². The molecule has 6 heteroatoms. The number of phenols is 1. The van der Waals surface area contributed by atoms with Gasteiger partial charge in [0.25, 0.3) is 0 Å². The Balaban J connectivity index is 2.00. The molecule has 0 aromatic heterocycles. The van der Waals surface area contributed by atoms with E-state index < -0.39 is 41.1 Å². The molecule has 2 aliphatic carbocycles. The number of benzene rings is 1. The summed E-state index contributed by atoms with van der Waals surface area (Å²) in [6.45, 7) is 11.4. The molecule has 3 rings (SSSR count). The van der Waals surface area contributed by atoms with Crippen LogP contribution in [0.4, 0.5) is 0 Å². The van der Waals surface area contributed by atoms with E-state index in [4.69, 9.17) is 9.47 Å². The SMILES string of the molecule is CC=C(C)C(=O)O[C@@H]1C[C@@](O)(C(C)C)[C@@H]2[C@@H](OC(=O)c3ccc(O)cc3)CC(C)=CC[C@]21C. The third-order valence-electron chi connectivity index (χ3n) is 7.65. The van der Waals surface area contributed by atoms with E-state index in [1.165, 1.54) is 24.3 Å². The number of allylic oxidation sites excluding steroid dienone is 2. The van der Waals surface area contributed by atoms with Crippen LogP contribution in [0, 0.1) is 17.3 Å². The number of phenolic OH excluding ortho intramolecular Hbond substituents is 1. The molecule has 0 radical (unpaired) electrons. The molecule has 0 saturated heterocycles. The molecule has 1 saturated carbocycles. The molecule has 5 atom stereocenters. The van der Waals surface area contributed by atoms with Crippen LogP contribution in [-0.4, -0.2) is 40.0 Å². The van der Waals surface area contributed by atoms with Gasteiger partial charge < -0.3 is 19.7 Å². The molecule has 180 valence electrons. The van der Waals surface area contributed by atoms with Crippen molar-refractivity contribution in [1.29, 1.82) is 0 Å². The molecular formula is C27H36O6. The first-order valence-electron chi connectivity index (χ1n) is 11.6. The second-order valence-corrected chi connectivity index (χ2v) is 10.1. The van der Waals surface area contributed by atoms with Crippen LogP contribution in [-0.2, 0) is 14.3 Å². The van der Waals surface area contributed by atoms with Gasteiger partial charge in [-0.25, -0.2) is 9.59 Å². The summed E-state index contributed by atoms with van der Waals surface area (Å²) in [6.07, 6.45) is 4.10. The van der Waals surface area contributed by atoms with Gasteiger partial charge in [-0.2, -0.15) is 0 Å². The second kappa shape index (κ2) is 9.34. The van der Waals surface area contributed by atoms with Crippen LogP contribution in [0.1, 0.15) is 71.2 Å². The highest BCUT2D eigenvalue weighted by atomic mass is 16.6. The minimum absolute atomic E-state index is 0.0680. The normalized spacial score (nSPS) is 32.1. The van der Waals surface area contributed by atoms with Crippen LogP contribution in [0.2, 0.25) is 0 Å². The van der Waals surface area contributed by atoms with E-state index in [1.807, 2.05) is 27.7 Å². The maximum Gasteiger partial charge on any atom is 0.338 e. The van der Waals surface area contributed by atoms with Gasteiger partial charge >= 0.3 is 11.9 Å². The highest BCUT2D eigenvalue weighted by Crippen LogP contribution is 2.59. The minimum Gasteiger partial charge on any atom is -0.508 e. The van der Waals surface area contributed by atoms with Crippen molar-refractivity contribution in [3.8, 4) is 5.75 Å². The highest BCUT2D eigenvalue weighted by Gasteiger charge is 2.65. The van der Waals surface area contributed by atoms with E-state index in [1.54, 1.807) is 19.9 Å². The van der Waals surface area contributed by atoms with Crippen molar-refractivity contribution in [3.63, 3.8) is 0 Å². The number of aliphatic hydroxyl groups is 1. The van der Waals surface area contributed by atoms with Crippen LogP contribution in [0.25, 0.3) is 0 Å². The number of fused-ring (bicyclic) bond motifs is 1. The Morgan fingerprint density at radius 1 is 1.18 bits per heavy atom. The van der Waals surface area contributed by atoms with Crippen molar-refractivity contribution in [2.45, 2.75) is 78.6 Å². The predicted molar refractivity (Wildman–Crippen MR) is 126 cm³/mol. The van der Waals surface area contributed by atoms with Gasteiger partial charge in [-0.1, -0.05) is 38.5 Å². The first-order valence-corrected chi connectivity index (χ1v) is 11.6. The van der Waals surface area contributed by atoms with Gasteiger partial charge in [0.05, 0.1) is 11.2 Å². The summed E-state index contributed by atoms with van der Waals surface area (Å²) < 4.78 is 12.0.